The normalized spacial score (nSPS) is 22.8. The van der Waals surface area contributed by atoms with E-state index in [0.717, 1.165) is 43.7 Å². The highest BCUT2D eigenvalue weighted by molar-refractivity contribution is 6.74. The van der Waals surface area contributed by atoms with Gasteiger partial charge in [-0.3, -0.25) is 0 Å². The SMILES string of the molecule is CN(CCO[Si](C)(C)C(C)(C)C)c1cc(Cl)nnc1N[C@@H]1C[C@H]2CC[C@@H](C1)N2C(=O)OC(C)(C)C. The number of hydrogen-bond donors (Lipinski definition) is 1. The third-order valence-corrected chi connectivity index (χ3v) is 12.3. The number of fused-ring (bicyclic) bond motifs is 2. The monoisotopic (exact) mass is 525 g/mol. The molecule has 0 radical (unpaired) electrons. The smallest absolute Gasteiger partial charge is 0.410 e. The first-order chi connectivity index (χ1) is 16.1. The van der Waals surface area contributed by atoms with Crippen molar-refractivity contribution in [3.8, 4) is 0 Å². The van der Waals surface area contributed by atoms with Gasteiger partial charge in [0.25, 0.3) is 0 Å². The third-order valence-electron chi connectivity index (χ3n) is 7.53. The number of nitrogens with zero attached hydrogens (tertiary/aromatic N) is 4. The van der Waals surface area contributed by atoms with Crippen molar-refractivity contribution in [3.63, 3.8) is 0 Å². The Morgan fingerprint density at radius 1 is 1.17 bits per heavy atom. The van der Waals surface area contributed by atoms with Gasteiger partial charge in [-0.2, -0.15) is 0 Å². The number of carbonyl (C=O) groups is 1. The largest absolute Gasteiger partial charge is 0.444 e. The number of amides is 1. The van der Waals surface area contributed by atoms with Crippen LogP contribution in [0.3, 0.4) is 0 Å². The van der Waals surface area contributed by atoms with Crippen molar-refractivity contribution in [2.75, 3.05) is 30.4 Å². The highest BCUT2D eigenvalue weighted by Gasteiger charge is 2.45. The molecule has 2 aliphatic heterocycles. The summed E-state index contributed by atoms with van der Waals surface area (Å²) in [5.41, 5.74) is 0.420. The summed E-state index contributed by atoms with van der Waals surface area (Å²) in [5, 5.41) is 12.6. The Hall–Kier alpha value is -1.58. The van der Waals surface area contributed by atoms with Crippen LogP contribution >= 0.6 is 11.6 Å². The lowest BCUT2D eigenvalue weighted by molar-refractivity contribution is 0.00682. The number of halogens is 1. The van der Waals surface area contributed by atoms with Crippen molar-refractivity contribution >= 4 is 37.5 Å². The fourth-order valence-corrected chi connectivity index (χ4v) is 5.80. The van der Waals surface area contributed by atoms with Crippen LogP contribution < -0.4 is 10.2 Å². The number of nitrogens with one attached hydrogen (secondary N) is 1. The number of aromatic nitrogens is 2. The number of hydrogen-bond acceptors (Lipinski definition) is 7. The van der Waals surface area contributed by atoms with Crippen LogP contribution in [0.5, 0.6) is 0 Å². The van der Waals surface area contributed by atoms with Crippen LogP contribution in [0.4, 0.5) is 16.3 Å². The van der Waals surface area contributed by atoms with Crippen LogP contribution in [0, 0.1) is 0 Å². The molecule has 0 saturated carbocycles. The molecule has 8 nitrogen and oxygen atoms in total. The highest BCUT2D eigenvalue weighted by atomic mass is 35.5. The number of piperidine rings is 1. The Morgan fingerprint density at radius 2 is 1.77 bits per heavy atom. The zero-order valence-electron chi connectivity index (χ0n) is 22.9. The minimum absolute atomic E-state index is 0.174. The van der Waals surface area contributed by atoms with Gasteiger partial charge in [-0.25, -0.2) is 4.79 Å². The second-order valence-corrected chi connectivity index (χ2v) is 17.7. The van der Waals surface area contributed by atoms with Gasteiger partial charge >= 0.3 is 6.09 Å². The van der Waals surface area contributed by atoms with Gasteiger partial charge in [-0.05, 0) is 64.6 Å². The Labute approximate surface area is 217 Å². The minimum atomic E-state index is -1.81. The van der Waals surface area contributed by atoms with Crippen LogP contribution in [-0.2, 0) is 9.16 Å². The summed E-state index contributed by atoms with van der Waals surface area (Å²) in [6.45, 7) is 18.4. The number of carbonyl (C=O) groups excluding carboxylic acids is 1. The van der Waals surface area contributed by atoms with Crippen molar-refractivity contribution in [3.05, 3.63) is 11.2 Å². The molecule has 198 valence electrons. The lowest BCUT2D eigenvalue weighted by atomic mass is 9.97. The number of ether oxygens (including phenoxy) is 1. The fourth-order valence-electron chi connectivity index (χ4n) is 4.63. The molecule has 2 saturated heterocycles. The van der Waals surface area contributed by atoms with Crippen molar-refractivity contribution in [1.82, 2.24) is 15.1 Å². The first kappa shape index (κ1) is 28.0. The van der Waals surface area contributed by atoms with Crippen molar-refractivity contribution in [2.24, 2.45) is 0 Å². The van der Waals surface area contributed by atoms with Gasteiger partial charge in [0.15, 0.2) is 19.3 Å². The van der Waals surface area contributed by atoms with Crippen LogP contribution in [0.2, 0.25) is 23.3 Å². The Morgan fingerprint density at radius 3 is 2.31 bits per heavy atom. The summed E-state index contributed by atoms with van der Waals surface area (Å²) in [7, 11) is 0.220. The molecule has 1 amide bonds. The Kier molecular flexibility index (Phi) is 8.33. The maximum absolute atomic E-state index is 12.8. The van der Waals surface area contributed by atoms with E-state index < -0.39 is 13.9 Å². The summed E-state index contributed by atoms with van der Waals surface area (Å²) in [5.74, 6) is 0.722. The minimum Gasteiger partial charge on any atom is -0.444 e. The molecule has 0 aromatic carbocycles. The molecule has 2 fully saturated rings. The highest BCUT2D eigenvalue weighted by Crippen LogP contribution is 2.39. The maximum atomic E-state index is 12.8. The summed E-state index contributed by atoms with van der Waals surface area (Å²) in [6, 6.07) is 2.42. The van der Waals surface area contributed by atoms with Gasteiger partial charge < -0.3 is 24.3 Å². The molecule has 3 heterocycles. The van der Waals surface area contributed by atoms with Gasteiger partial charge in [0.1, 0.15) is 5.60 Å². The molecule has 2 bridgehead atoms. The molecular formula is C25H44ClN5O3Si. The number of anilines is 2. The number of rotatable bonds is 7. The van der Waals surface area contributed by atoms with E-state index >= 15 is 0 Å². The second-order valence-electron chi connectivity index (χ2n) is 12.5. The van der Waals surface area contributed by atoms with E-state index in [1.54, 1.807) is 0 Å². The molecule has 35 heavy (non-hydrogen) atoms. The molecule has 10 heteroatoms. The lowest BCUT2D eigenvalue weighted by Gasteiger charge is -2.40. The average Bonchev–Trinajstić information content (AvgIpc) is 2.98. The van der Waals surface area contributed by atoms with Gasteiger partial charge in [0.05, 0.1) is 12.3 Å². The predicted octanol–water partition coefficient (Wildman–Crippen LogP) is 5.93. The summed E-state index contributed by atoms with van der Waals surface area (Å²) >= 11 is 6.22. The zero-order valence-corrected chi connectivity index (χ0v) is 24.7. The first-order valence-electron chi connectivity index (χ1n) is 12.7. The number of likely N-dealkylation sites (N-methyl/N-ethyl adjacent to an activating group) is 1. The average molecular weight is 526 g/mol. The van der Waals surface area contributed by atoms with E-state index in [2.05, 4.69) is 54.3 Å². The van der Waals surface area contributed by atoms with Crippen LogP contribution in [0.1, 0.15) is 67.2 Å². The van der Waals surface area contributed by atoms with E-state index in [1.165, 1.54) is 0 Å². The lowest BCUT2D eigenvalue weighted by Crippen LogP contribution is -2.51. The standard InChI is InChI=1S/C25H44ClN5O3Si/c1-24(2,3)34-23(32)31-18-10-11-19(31)15-17(14-18)27-22-20(16-21(26)28-29-22)30(7)12-13-33-35(8,9)25(4,5)6/h16-19H,10-15H2,1-9H3,(H,27,29)/t17-,18-,19+. The van der Waals surface area contributed by atoms with E-state index in [-0.39, 0.29) is 29.3 Å². The van der Waals surface area contributed by atoms with Gasteiger partial charge in [0.2, 0.25) is 0 Å². The second kappa shape index (κ2) is 10.4. The third kappa shape index (κ3) is 7.01. The van der Waals surface area contributed by atoms with Gasteiger partial charge in [0, 0.05) is 37.8 Å². The predicted molar refractivity (Wildman–Crippen MR) is 145 cm³/mol. The maximum Gasteiger partial charge on any atom is 0.410 e. The van der Waals surface area contributed by atoms with E-state index in [9.17, 15) is 4.79 Å². The zero-order chi connectivity index (χ0) is 26.2. The van der Waals surface area contributed by atoms with Crippen LogP contribution in [0.15, 0.2) is 6.07 Å². The topological polar surface area (TPSA) is 79.8 Å². The van der Waals surface area contributed by atoms with E-state index in [0.29, 0.717) is 11.8 Å². The van der Waals surface area contributed by atoms with Crippen molar-refractivity contribution in [2.45, 2.75) is 109 Å². The Balaban J connectivity index is 1.64. The molecule has 0 unspecified atom stereocenters. The molecule has 1 aromatic rings. The van der Waals surface area contributed by atoms with Crippen molar-refractivity contribution < 1.29 is 14.0 Å². The molecule has 0 aliphatic carbocycles. The summed E-state index contributed by atoms with van der Waals surface area (Å²) < 4.78 is 12.0. The molecule has 2 aliphatic rings. The molecule has 0 spiro atoms. The quantitative estimate of drug-likeness (QED) is 0.442. The Bertz CT molecular complexity index is 888. The molecule has 1 N–H and O–H groups in total. The van der Waals surface area contributed by atoms with Crippen LogP contribution in [-0.4, -0.2) is 73.4 Å². The molecule has 3 atom stereocenters. The molecular weight excluding hydrogens is 482 g/mol. The van der Waals surface area contributed by atoms with Crippen LogP contribution in [0.25, 0.3) is 0 Å². The van der Waals surface area contributed by atoms with E-state index in [4.69, 9.17) is 20.8 Å². The van der Waals surface area contributed by atoms with E-state index in [1.807, 2.05) is 38.8 Å². The molecule has 3 rings (SSSR count). The fraction of sp³-hybridized carbons (Fsp3) is 0.800. The molecule has 1 aromatic heterocycles. The van der Waals surface area contributed by atoms with Gasteiger partial charge in [-0.1, -0.05) is 32.4 Å². The summed E-state index contributed by atoms with van der Waals surface area (Å²) in [4.78, 5) is 16.9. The summed E-state index contributed by atoms with van der Waals surface area (Å²) in [6.07, 6.45) is 3.53. The van der Waals surface area contributed by atoms with Crippen molar-refractivity contribution in [1.29, 1.82) is 0 Å². The first-order valence-corrected chi connectivity index (χ1v) is 16.0. The van der Waals surface area contributed by atoms with Gasteiger partial charge in [-0.15, -0.1) is 10.2 Å².